The highest BCUT2D eigenvalue weighted by molar-refractivity contribution is 6.30. The van der Waals surface area contributed by atoms with Crippen LogP contribution in [0.3, 0.4) is 0 Å². The summed E-state index contributed by atoms with van der Waals surface area (Å²) in [5, 5.41) is 3.45. The fourth-order valence-corrected chi connectivity index (χ4v) is 2.16. The number of amides is 2. The van der Waals surface area contributed by atoms with E-state index in [4.69, 9.17) is 11.6 Å². The normalized spacial score (nSPS) is 19.1. The summed E-state index contributed by atoms with van der Waals surface area (Å²) in [5.41, 5.74) is 0.581. The van der Waals surface area contributed by atoms with E-state index in [9.17, 15) is 9.59 Å². The molecular weight excluding hydrogens is 252 g/mol. The number of carbonyl (C=O) groups excluding carboxylic acids is 2. The molecule has 5 heteroatoms. The van der Waals surface area contributed by atoms with Gasteiger partial charge in [-0.15, -0.1) is 0 Å². The van der Waals surface area contributed by atoms with Crippen LogP contribution in [0.15, 0.2) is 24.3 Å². The molecule has 0 saturated carbocycles. The topological polar surface area (TPSA) is 49.4 Å². The third-order valence-corrected chi connectivity index (χ3v) is 3.33. The van der Waals surface area contributed by atoms with E-state index in [2.05, 4.69) is 5.32 Å². The molecule has 1 aromatic rings. The maximum atomic E-state index is 11.8. The smallest absolute Gasteiger partial charge is 0.251 e. The Morgan fingerprint density at radius 1 is 1.44 bits per heavy atom. The van der Waals surface area contributed by atoms with Crippen molar-refractivity contribution >= 4 is 23.4 Å². The molecule has 4 nitrogen and oxygen atoms in total. The highest BCUT2D eigenvalue weighted by Gasteiger charge is 2.26. The largest absolute Gasteiger partial charge is 0.352 e. The number of likely N-dealkylation sites (tertiary alicyclic amines) is 1. The van der Waals surface area contributed by atoms with Crippen LogP contribution in [-0.4, -0.2) is 36.9 Å². The number of hydrogen-bond acceptors (Lipinski definition) is 2. The molecule has 1 aromatic carbocycles. The zero-order valence-corrected chi connectivity index (χ0v) is 10.9. The molecule has 1 saturated heterocycles. The zero-order valence-electron chi connectivity index (χ0n) is 10.1. The van der Waals surface area contributed by atoms with Crippen molar-refractivity contribution < 1.29 is 9.59 Å². The Labute approximate surface area is 111 Å². The molecular formula is C13H15ClN2O2. The second-order valence-electron chi connectivity index (χ2n) is 4.56. The van der Waals surface area contributed by atoms with Crippen LogP contribution in [0.5, 0.6) is 0 Å². The maximum absolute atomic E-state index is 11.8. The highest BCUT2D eigenvalue weighted by Crippen LogP contribution is 2.15. The van der Waals surface area contributed by atoms with E-state index >= 15 is 0 Å². The number of benzene rings is 1. The molecule has 1 aliphatic rings. The summed E-state index contributed by atoms with van der Waals surface area (Å²) in [6.45, 7) is 1.23. The Bertz CT molecular complexity index is 459. The van der Waals surface area contributed by atoms with E-state index in [1.54, 1.807) is 36.2 Å². The van der Waals surface area contributed by atoms with Crippen molar-refractivity contribution in [3.63, 3.8) is 0 Å². The lowest BCUT2D eigenvalue weighted by Crippen LogP contribution is -2.30. The molecule has 0 radical (unpaired) electrons. The van der Waals surface area contributed by atoms with Crippen LogP contribution in [0, 0.1) is 5.92 Å². The van der Waals surface area contributed by atoms with E-state index in [1.165, 1.54) is 0 Å². The van der Waals surface area contributed by atoms with Crippen molar-refractivity contribution in [2.45, 2.75) is 6.42 Å². The predicted octanol–water partition coefficient (Wildman–Crippen LogP) is 1.55. The molecule has 18 heavy (non-hydrogen) atoms. The van der Waals surface area contributed by atoms with Gasteiger partial charge in [-0.1, -0.05) is 11.6 Å². The average molecular weight is 267 g/mol. The van der Waals surface area contributed by atoms with Crippen LogP contribution in [0.2, 0.25) is 5.02 Å². The third-order valence-electron chi connectivity index (χ3n) is 3.08. The van der Waals surface area contributed by atoms with E-state index in [0.717, 1.165) is 0 Å². The fraction of sp³-hybridized carbons (Fsp3) is 0.385. The number of halogens is 1. The SMILES string of the molecule is CN1CC(CNC(=O)c2ccc(Cl)cc2)CC1=O. The summed E-state index contributed by atoms with van der Waals surface area (Å²) in [5.74, 6) is 0.216. The van der Waals surface area contributed by atoms with Gasteiger partial charge in [0.05, 0.1) is 0 Å². The molecule has 1 fully saturated rings. The highest BCUT2D eigenvalue weighted by atomic mass is 35.5. The van der Waals surface area contributed by atoms with Gasteiger partial charge in [-0.2, -0.15) is 0 Å². The Kier molecular flexibility index (Phi) is 3.87. The van der Waals surface area contributed by atoms with Gasteiger partial charge in [0, 0.05) is 43.1 Å². The van der Waals surface area contributed by atoms with Crippen molar-refractivity contribution in [1.82, 2.24) is 10.2 Å². The van der Waals surface area contributed by atoms with Crippen molar-refractivity contribution in [1.29, 1.82) is 0 Å². The molecule has 2 amide bonds. The number of nitrogens with one attached hydrogen (secondary N) is 1. The van der Waals surface area contributed by atoms with Gasteiger partial charge in [0.15, 0.2) is 0 Å². The summed E-state index contributed by atoms with van der Waals surface area (Å²) < 4.78 is 0. The van der Waals surface area contributed by atoms with Crippen LogP contribution in [0.4, 0.5) is 0 Å². The number of carbonyl (C=O) groups is 2. The molecule has 96 valence electrons. The van der Waals surface area contributed by atoms with E-state index in [0.29, 0.717) is 30.1 Å². The Hall–Kier alpha value is -1.55. The van der Waals surface area contributed by atoms with Gasteiger partial charge >= 0.3 is 0 Å². The lowest BCUT2D eigenvalue weighted by molar-refractivity contribution is -0.126. The van der Waals surface area contributed by atoms with E-state index in [1.807, 2.05) is 0 Å². The fourth-order valence-electron chi connectivity index (χ4n) is 2.03. The van der Waals surface area contributed by atoms with Gasteiger partial charge in [-0.25, -0.2) is 0 Å². The first-order valence-electron chi connectivity index (χ1n) is 5.84. The first-order chi connectivity index (χ1) is 8.56. The molecule has 2 rings (SSSR count). The molecule has 1 atom stereocenters. The number of hydrogen-bond donors (Lipinski definition) is 1. The minimum Gasteiger partial charge on any atom is -0.352 e. The van der Waals surface area contributed by atoms with Crippen LogP contribution < -0.4 is 5.32 Å². The van der Waals surface area contributed by atoms with Gasteiger partial charge in [0.2, 0.25) is 5.91 Å². The van der Waals surface area contributed by atoms with Crippen molar-refractivity contribution in [2.24, 2.45) is 5.92 Å². The van der Waals surface area contributed by atoms with Crippen molar-refractivity contribution in [3.8, 4) is 0 Å². The monoisotopic (exact) mass is 266 g/mol. The molecule has 1 unspecified atom stereocenters. The summed E-state index contributed by atoms with van der Waals surface area (Å²) in [4.78, 5) is 24.9. The standard InChI is InChI=1S/C13H15ClN2O2/c1-16-8-9(6-12(16)17)7-15-13(18)10-2-4-11(14)5-3-10/h2-5,9H,6-8H2,1H3,(H,15,18). The number of rotatable bonds is 3. The van der Waals surface area contributed by atoms with Gasteiger partial charge < -0.3 is 10.2 Å². The zero-order chi connectivity index (χ0) is 13.1. The van der Waals surface area contributed by atoms with Gasteiger partial charge in [0.25, 0.3) is 5.91 Å². The number of nitrogens with zero attached hydrogens (tertiary/aromatic N) is 1. The minimum atomic E-state index is -0.131. The van der Waals surface area contributed by atoms with Crippen LogP contribution in [0.25, 0.3) is 0 Å². The lowest BCUT2D eigenvalue weighted by atomic mass is 10.1. The Balaban J connectivity index is 1.85. The maximum Gasteiger partial charge on any atom is 0.251 e. The van der Waals surface area contributed by atoms with Gasteiger partial charge in [0.1, 0.15) is 0 Å². The van der Waals surface area contributed by atoms with Crippen LogP contribution in [-0.2, 0) is 4.79 Å². The van der Waals surface area contributed by atoms with E-state index in [-0.39, 0.29) is 17.7 Å². The first kappa shape index (κ1) is 12.9. The molecule has 0 spiro atoms. The molecule has 0 bridgehead atoms. The summed E-state index contributed by atoms with van der Waals surface area (Å²) >= 11 is 5.75. The lowest BCUT2D eigenvalue weighted by Gasteiger charge is -2.11. The summed E-state index contributed by atoms with van der Waals surface area (Å²) in [7, 11) is 1.78. The Morgan fingerprint density at radius 2 is 2.11 bits per heavy atom. The molecule has 0 aromatic heterocycles. The second kappa shape index (κ2) is 5.40. The third kappa shape index (κ3) is 3.01. The van der Waals surface area contributed by atoms with Crippen molar-refractivity contribution in [2.75, 3.05) is 20.1 Å². The van der Waals surface area contributed by atoms with Crippen LogP contribution >= 0.6 is 11.6 Å². The van der Waals surface area contributed by atoms with Gasteiger partial charge in [-0.05, 0) is 24.3 Å². The molecule has 1 aliphatic heterocycles. The molecule has 1 N–H and O–H groups in total. The van der Waals surface area contributed by atoms with Crippen molar-refractivity contribution in [3.05, 3.63) is 34.9 Å². The van der Waals surface area contributed by atoms with E-state index < -0.39 is 0 Å². The molecule has 0 aliphatic carbocycles. The summed E-state index contributed by atoms with van der Waals surface area (Å²) in [6, 6.07) is 6.74. The Morgan fingerprint density at radius 3 is 2.67 bits per heavy atom. The van der Waals surface area contributed by atoms with Gasteiger partial charge in [-0.3, -0.25) is 9.59 Å². The quantitative estimate of drug-likeness (QED) is 0.902. The molecule has 1 heterocycles. The second-order valence-corrected chi connectivity index (χ2v) is 5.00. The van der Waals surface area contributed by atoms with Crippen LogP contribution in [0.1, 0.15) is 16.8 Å². The predicted molar refractivity (Wildman–Crippen MR) is 69.5 cm³/mol. The average Bonchev–Trinajstić information content (AvgIpc) is 2.67. The minimum absolute atomic E-state index is 0.131. The first-order valence-corrected chi connectivity index (χ1v) is 6.22. The summed E-state index contributed by atoms with van der Waals surface area (Å²) in [6.07, 6.45) is 0.511.